The number of anilines is 1. The molecule has 0 spiro atoms. The van der Waals surface area contributed by atoms with Crippen LogP contribution in [0.25, 0.3) is 0 Å². The minimum absolute atomic E-state index is 0.0433. The van der Waals surface area contributed by atoms with Crippen molar-refractivity contribution in [2.24, 2.45) is 0 Å². The topological polar surface area (TPSA) is 46.6 Å². The molecule has 18 heavy (non-hydrogen) atoms. The number of ether oxygens (including phenoxy) is 1. The number of hydrogen-bond acceptors (Lipinski definition) is 3. The molecule has 1 aliphatic heterocycles. The smallest absolute Gasteiger partial charge is 0.237 e. The Morgan fingerprint density at radius 3 is 2.78 bits per heavy atom. The third kappa shape index (κ3) is 1.68. The van der Waals surface area contributed by atoms with Crippen LogP contribution in [0.15, 0.2) is 18.2 Å². The summed E-state index contributed by atoms with van der Waals surface area (Å²) in [5, 5.41) is 0. The maximum atomic E-state index is 12.3. The third-order valence-electron chi connectivity index (χ3n) is 3.50. The van der Waals surface area contributed by atoms with E-state index in [1.165, 1.54) is 0 Å². The first-order chi connectivity index (χ1) is 8.54. The molecular formula is C14H17NO3. The molecular weight excluding hydrogens is 230 g/mol. The summed E-state index contributed by atoms with van der Waals surface area (Å²) in [5.41, 5.74) is 0.958. The second-order valence-corrected chi connectivity index (χ2v) is 4.68. The van der Waals surface area contributed by atoms with E-state index in [9.17, 15) is 9.59 Å². The van der Waals surface area contributed by atoms with Crippen LogP contribution in [0.5, 0.6) is 5.75 Å². The number of aldehydes is 1. The van der Waals surface area contributed by atoms with E-state index in [0.29, 0.717) is 6.61 Å². The van der Waals surface area contributed by atoms with E-state index in [2.05, 4.69) is 0 Å². The van der Waals surface area contributed by atoms with Crippen LogP contribution < -0.4 is 9.64 Å². The van der Waals surface area contributed by atoms with E-state index in [4.69, 9.17) is 4.74 Å². The van der Waals surface area contributed by atoms with E-state index in [-0.39, 0.29) is 12.3 Å². The summed E-state index contributed by atoms with van der Waals surface area (Å²) in [6.07, 6.45) is 0.993. The molecule has 1 amide bonds. The van der Waals surface area contributed by atoms with Gasteiger partial charge in [-0.1, -0.05) is 0 Å². The summed E-state index contributed by atoms with van der Waals surface area (Å²) in [6.45, 7) is 4.30. The summed E-state index contributed by atoms with van der Waals surface area (Å²) in [7, 11) is 1.73. The lowest BCUT2D eigenvalue weighted by Gasteiger charge is -2.20. The molecule has 1 aromatic rings. The number of fused-ring (bicyclic) bond motifs is 1. The minimum atomic E-state index is -0.765. The zero-order chi connectivity index (χ0) is 13.3. The lowest BCUT2D eigenvalue weighted by Crippen LogP contribution is -2.36. The van der Waals surface area contributed by atoms with Gasteiger partial charge in [0, 0.05) is 19.2 Å². The first kappa shape index (κ1) is 12.6. The Hall–Kier alpha value is -1.84. The normalized spacial score (nSPS) is 21.9. The van der Waals surface area contributed by atoms with Crippen LogP contribution in [0.3, 0.4) is 0 Å². The summed E-state index contributed by atoms with van der Waals surface area (Å²) in [6, 6.07) is 5.58. The van der Waals surface area contributed by atoms with Crippen molar-refractivity contribution in [3.8, 4) is 5.75 Å². The third-order valence-corrected chi connectivity index (χ3v) is 3.50. The predicted molar refractivity (Wildman–Crippen MR) is 69.1 cm³/mol. The molecule has 4 heteroatoms. The fourth-order valence-electron chi connectivity index (χ4n) is 2.46. The molecule has 0 unspecified atom stereocenters. The highest BCUT2D eigenvalue weighted by Gasteiger charge is 2.45. The highest BCUT2D eigenvalue weighted by molar-refractivity contribution is 6.08. The average Bonchev–Trinajstić information content (AvgIpc) is 2.53. The van der Waals surface area contributed by atoms with Gasteiger partial charge in [0.1, 0.15) is 12.0 Å². The molecule has 0 N–H and O–H groups in total. The van der Waals surface area contributed by atoms with Gasteiger partial charge in [-0.2, -0.15) is 0 Å². The molecule has 0 aromatic heterocycles. The van der Waals surface area contributed by atoms with Crippen molar-refractivity contribution in [1.82, 2.24) is 0 Å². The minimum Gasteiger partial charge on any atom is -0.494 e. The molecule has 0 radical (unpaired) electrons. The van der Waals surface area contributed by atoms with Gasteiger partial charge in [0.2, 0.25) is 5.91 Å². The Balaban J connectivity index is 2.53. The second-order valence-electron chi connectivity index (χ2n) is 4.68. The van der Waals surface area contributed by atoms with Crippen molar-refractivity contribution in [3.63, 3.8) is 0 Å². The molecule has 0 fully saturated rings. The molecule has 0 saturated heterocycles. The van der Waals surface area contributed by atoms with Crippen LogP contribution in [0, 0.1) is 0 Å². The Bertz CT molecular complexity index is 498. The Morgan fingerprint density at radius 2 is 2.17 bits per heavy atom. The molecule has 2 rings (SSSR count). The Kier molecular flexibility index (Phi) is 3.11. The quantitative estimate of drug-likeness (QED) is 0.763. The first-order valence-electron chi connectivity index (χ1n) is 6.03. The number of likely N-dealkylation sites (N-methyl/N-ethyl adjacent to an activating group) is 1. The van der Waals surface area contributed by atoms with Gasteiger partial charge >= 0.3 is 0 Å². The highest BCUT2D eigenvalue weighted by Crippen LogP contribution is 2.44. The Morgan fingerprint density at radius 1 is 1.44 bits per heavy atom. The number of amides is 1. The maximum Gasteiger partial charge on any atom is 0.237 e. The van der Waals surface area contributed by atoms with Gasteiger partial charge in [-0.05, 0) is 37.6 Å². The van der Waals surface area contributed by atoms with Gasteiger partial charge in [-0.15, -0.1) is 0 Å². The lowest BCUT2D eigenvalue weighted by atomic mass is 9.81. The highest BCUT2D eigenvalue weighted by atomic mass is 16.5. The molecule has 1 aliphatic rings. The van der Waals surface area contributed by atoms with Crippen LogP contribution >= 0.6 is 0 Å². The van der Waals surface area contributed by atoms with Crippen molar-refractivity contribution < 1.29 is 14.3 Å². The standard InChI is InChI=1S/C14H17NO3/c1-4-18-10-5-6-12-11(9-10)14(2,7-8-16)13(17)15(12)3/h5-6,8-9H,4,7H2,1-3H3/t14-/m1/s1. The van der Waals surface area contributed by atoms with Gasteiger partial charge in [0.05, 0.1) is 12.0 Å². The van der Waals surface area contributed by atoms with Crippen molar-refractivity contribution in [2.45, 2.75) is 25.7 Å². The van der Waals surface area contributed by atoms with Crippen molar-refractivity contribution in [3.05, 3.63) is 23.8 Å². The van der Waals surface area contributed by atoms with Gasteiger partial charge in [0.25, 0.3) is 0 Å². The molecule has 0 saturated carbocycles. The number of hydrogen-bond donors (Lipinski definition) is 0. The molecule has 0 aliphatic carbocycles. The van der Waals surface area contributed by atoms with E-state index < -0.39 is 5.41 Å². The summed E-state index contributed by atoms with van der Waals surface area (Å²) < 4.78 is 5.45. The monoisotopic (exact) mass is 247 g/mol. The number of rotatable bonds is 4. The fraction of sp³-hybridized carbons (Fsp3) is 0.429. The van der Waals surface area contributed by atoms with Crippen molar-refractivity contribution in [1.29, 1.82) is 0 Å². The van der Waals surface area contributed by atoms with Crippen LogP contribution in [-0.4, -0.2) is 25.8 Å². The first-order valence-corrected chi connectivity index (χ1v) is 6.03. The van der Waals surface area contributed by atoms with E-state index in [0.717, 1.165) is 23.3 Å². The van der Waals surface area contributed by atoms with Gasteiger partial charge in [-0.3, -0.25) is 4.79 Å². The average molecular weight is 247 g/mol. The van der Waals surface area contributed by atoms with Crippen molar-refractivity contribution in [2.75, 3.05) is 18.6 Å². The molecule has 0 bridgehead atoms. The SMILES string of the molecule is CCOc1ccc2c(c1)[C@@](C)(CC=O)C(=O)N2C. The van der Waals surface area contributed by atoms with E-state index >= 15 is 0 Å². The number of carbonyl (C=O) groups excluding carboxylic acids is 2. The molecule has 96 valence electrons. The van der Waals surface area contributed by atoms with Crippen LogP contribution in [0.1, 0.15) is 25.8 Å². The Labute approximate surface area is 107 Å². The number of carbonyl (C=O) groups is 2. The van der Waals surface area contributed by atoms with Crippen LogP contribution in [0.2, 0.25) is 0 Å². The van der Waals surface area contributed by atoms with Gasteiger partial charge < -0.3 is 14.4 Å². The fourth-order valence-corrected chi connectivity index (χ4v) is 2.46. The van der Waals surface area contributed by atoms with Crippen LogP contribution in [0.4, 0.5) is 5.69 Å². The lowest BCUT2D eigenvalue weighted by molar-refractivity contribution is -0.124. The van der Waals surface area contributed by atoms with Crippen molar-refractivity contribution >= 4 is 17.9 Å². The zero-order valence-electron chi connectivity index (χ0n) is 10.9. The molecule has 4 nitrogen and oxygen atoms in total. The number of nitrogens with zero attached hydrogens (tertiary/aromatic N) is 1. The van der Waals surface area contributed by atoms with E-state index in [1.54, 1.807) is 11.9 Å². The summed E-state index contributed by atoms with van der Waals surface area (Å²) in [4.78, 5) is 24.7. The summed E-state index contributed by atoms with van der Waals surface area (Å²) >= 11 is 0. The van der Waals surface area contributed by atoms with Gasteiger partial charge in [0.15, 0.2) is 0 Å². The second kappa shape index (κ2) is 4.44. The van der Waals surface area contributed by atoms with E-state index in [1.807, 2.05) is 32.0 Å². The largest absolute Gasteiger partial charge is 0.494 e. The number of benzene rings is 1. The van der Waals surface area contributed by atoms with Gasteiger partial charge in [-0.25, -0.2) is 0 Å². The molecule has 1 heterocycles. The maximum absolute atomic E-state index is 12.3. The predicted octanol–water partition coefficient (Wildman–Crippen LogP) is 1.91. The zero-order valence-corrected chi connectivity index (χ0v) is 10.9. The summed E-state index contributed by atoms with van der Waals surface area (Å²) in [5.74, 6) is 0.690. The molecule has 1 aromatic carbocycles. The van der Waals surface area contributed by atoms with Crippen LogP contribution in [-0.2, 0) is 15.0 Å². The molecule has 1 atom stereocenters.